The molecule has 0 fully saturated rings. The van der Waals surface area contributed by atoms with Gasteiger partial charge in [0, 0.05) is 22.3 Å². The van der Waals surface area contributed by atoms with Gasteiger partial charge < -0.3 is 4.74 Å². The third kappa shape index (κ3) is 4.19. The van der Waals surface area contributed by atoms with Crippen LogP contribution in [0.3, 0.4) is 0 Å². The van der Waals surface area contributed by atoms with Crippen molar-refractivity contribution in [2.75, 3.05) is 6.61 Å². The molecular weight excluding hydrogens is 352 g/mol. The van der Waals surface area contributed by atoms with Gasteiger partial charge in [0.1, 0.15) is 0 Å². The Labute approximate surface area is 167 Å². The van der Waals surface area contributed by atoms with Crippen LogP contribution in [-0.2, 0) is 15.4 Å². The summed E-state index contributed by atoms with van der Waals surface area (Å²) in [5.41, 5.74) is 2.12. The van der Waals surface area contributed by atoms with Crippen molar-refractivity contribution in [3.05, 3.63) is 70.8 Å². The van der Waals surface area contributed by atoms with Crippen LogP contribution in [0.4, 0.5) is 0 Å². The molecule has 0 spiro atoms. The minimum atomic E-state index is -1.46. The first-order valence-electron chi connectivity index (χ1n) is 10.4. The molecule has 0 amide bonds. The van der Waals surface area contributed by atoms with Crippen LogP contribution in [0.5, 0.6) is 0 Å². The van der Waals surface area contributed by atoms with E-state index in [1.807, 2.05) is 24.3 Å². The van der Waals surface area contributed by atoms with Gasteiger partial charge >= 0.3 is 0 Å². The van der Waals surface area contributed by atoms with Gasteiger partial charge in [-0.15, -0.1) is 0 Å². The monoisotopic (exact) mass is 382 g/mol. The Morgan fingerprint density at radius 2 is 1.29 bits per heavy atom. The predicted octanol–water partition coefficient (Wildman–Crippen LogP) is 6.08. The number of hydrogen-bond acceptors (Lipinski definition) is 4. The Morgan fingerprint density at radius 3 is 1.82 bits per heavy atom. The lowest BCUT2D eigenvalue weighted by molar-refractivity contribution is -0.396. The van der Waals surface area contributed by atoms with Gasteiger partial charge in [-0.05, 0) is 6.42 Å². The highest BCUT2D eigenvalue weighted by Crippen LogP contribution is 2.43. The maximum atomic E-state index is 12.8. The molecule has 2 aromatic rings. The van der Waals surface area contributed by atoms with E-state index in [0.717, 1.165) is 12.8 Å². The molecule has 1 N–H and O–H groups in total. The predicted molar refractivity (Wildman–Crippen MR) is 109 cm³/mol. The van der Waals surface area contributed by atoms with E-state index in [2.05, 4.69) is 6.92 Å². The fraction of sp³-hybridized carbons (Fsp3) is 0.458. The Kier molecular flexibility index (Phi) is 7.37. The van der Waals surface area contributed by atoms with Crippen LogP contribution in [-0.4, -0.2) is 17.6 Å². The van der Waals surface area contributed by atoms with Crippen molar-refractivity contribution in [3.8, 4) is 0 Å². The standard InChI is InChI=1S/C24H30O4/c1-2-3-4-5-6-7-8-13-18-27-24(28-26)21-16-11-9-14-19(21)23(25)20-15-10-12-17-22(20)24/h9-12,14-17,26H,2-8,13,18H2,1H3. The minimum Gasteiger partial charge on any atom is -0.340 e. The second-order valence-electron chi connectivity index (χ2n) is 7.45. The zero-order chi connectivity index (χ0) is 19.8. The summed E-state index contributed by atoms with van der Waals surface area (Å²) in [4.78, 5) is 17.8. The molecule has 28 heavy (non-hydrogen) atoms. The van der Waals surface area contributed by atoms with E-state index in [1.54, 1.807) is 24.3 Å². The summed E-state index contributed by atoms with van der Waals surface area (Å²) < 4.78 is 6.14. The van der Waals surface area contributed by atoms with Crippen LogP contribution in [0.1, 0.15) is 85.3 Å². The first-order valence-corrected chi connectivity index (χ1v) is 10.4. The van der Waals surface area contributed by atoms with Crippen molar-refractivity contribution < 1.29 is 19.7 Å². The smallest absolute Gasteiger partial charge is 0.255 e. The Bertz CT molecular complexity index is 734. The second-order valence-corrected chi connectivity index (χ2v) is 7.45. The highest BCUT2D eigenvalue weighted by atomic mass is 17.1. The summed E-state index contributed by atoms with van der Waals surface area (Å²) in [5.74, 6) is -1.53. The van der Waals surface area contributed by atoms with Crippen LogP contribution in [0.15, 0.2) is 48.5 Å². The highest BCUT2D eigenvalue weighted by molar-refractivity contribution is 6.12. The van der Waals surface area contributed by atoms with E-state index in [1.165, 1.54) is 38.5 Å². The van der Waals surface area contributed by atoms with Crippen LogP contribution in [0.25, 0.3) is 0 Å². The molecule has 2 aromatic carbocycles. The van der Waals surface area contributed by atoms with Gasteiger partial charge in [-0.25, -0.2) is 5.26 Å². The fourth-order valence-corrected chi connectivity index (χ4v) is 3.96. The van der Waals surface area contributed by atoms with Crippen LogP contribution in [0, 0.1) is 0 Å². The number of ether oxygens (including phenoxy) is 1. The first kappa shape index (κ1) is 20.7. The summed E-state index contributed by atoms with van der Waals surface area (Å²) in [5, 5.41) is 9.91. The zero-order valence-corrected chi connectivity index (χ0v) is 16.7. The normalized spacial score (nSPS) is 14.6. The zero-order valence-electron chi connectivity index (χ0n) is 16.7. The van der Waals surface area contributed by atoms with Crippen LogP contribution < -0.4 is 0 Å². The molecule has 0 saturated heterocycles. The van der Waals surface area contributed by atoms with Crippen molar-refractivity contribution in [2.24, 2.45) is 0 Å². The number of ketones is 1. The Hall–Kier alpha value is -2.01. The molecule has 0 heterocycles. The largest absolute Gasteiger partial charge is 0.340 e. The van der Waals surface area contributed by atoms with Crippen LogP contribution in [0.2, 0.25) is 0 Å². The van der Waals surface area contributed by atoms with Crippen molar-refractivity contribution in [1.82, 2.24) is 0 Å². The van der Waals surface area contributed by atoms with E-state index in [-0.39, 0.29) is 5.78 Å². The third-order valence-electron chi connectivity index (χ3n) is 5.48. The van der Waals surface area contributed by atoms with Gasteiger partial charge in [0.05, 0.1) is 6.61 Å². The van der Waals surface area contributed by atoms with E-state index >= 15 is 0 Å². The average molecular weight is 383 g/mol. The summed E-state index contributed by atoms with van der Waals surface area (Å²) >= 11 is 0. The molecule has 0 unspecified atom stereocenters. The number of hydrogen-bond donors (Lipinski definition) is 1. The van der Waals surface area contributed by atoms with Gasteiger partial charge in [0.25, 0.3) is 5.79 Å². The summed E-state index contributed by atoms with van der Waals surface area (Å²) in [6.45, 7) is 2.68. The van der Waals surface area contributed by atoms with E-state index in [9.17, 15) is 10.1 Å². The Morgan fingerprint density at radius 1 is 0.786 bits per heavy atom. The molecule has 1 aliphatic rings. The summed E-state index contributed by atoms with van der Waals surface area (Å²) in [7, 11) is 0. The van der Waals surface area contributed by atoms with Gasteiger partial charge in [-0.3, -0.25) is 4.79 Å². The number of fused-ring (bicyclic) bond motifs is 2. The topological polar surface area (TPSA) is 55.8 Å². The lowest BCUT2D eigenvalue weighted by Crippen LogP contribution is -2.40. The fourth-order valence-electron chi connectivity index (χ4n) is 3.96. The maximum Gasteiger partial charge on any atom is 0.255 e. The van der Waals surface area contributed by atoms with Gasteiger partial charge in [0.2, 0.25) is 0 Å². The first-order chi connectivity index (χ1) is 13.7. The lowest BCUT2D eigenvalue weighted by atomic mass is 9.80. The molecule has 4 heteroatoms. The van der Waals surface area contributed by atoms with E-state index in [4.69, 9.17) is 9.62 Å². The van der Waals surface area contributed by atoms with Gasteiger partial charge in [0.15, 0.2) is 5.78 Å². The molecule has 0 bridgehead atoms. The highest BCUT2D eigenvalue weighted by Gasteiger charge is 2.46. The van der Waals surface area contributed by atoms with Crippen molar-refractivity contribution in [2.45, 2.75) is 64.1 Å². The Balaban J connectivity index is 1.69. The number of unbranched alkanes of at least 4 members (excludes halogenated alkanes) is 7. The molecular formula is C24H30O4. The average Bonchev–Trinajstić information content (AvgIpc) is 2.75. The third-order valence-corrected chi connectivity index (χ3v) is 5.48. The maximum absolute atomic E-state index is 12.8. The molecule has 0 saturated carbocycles. The van der Waals surface area contributed by atoms with Crippen molar-refractivity contribution in [1.29, 1.82) is 0 Å². The quantitative estimate of drug-likeness (QED) is 0.221. The molecule has 0 aliphatic heterocycles. The lowest BCUT2D eigenvalue weighted by Gasteiger charge is -2.36. The molecule has 0 radical (unpaired) electrons. The van der Waals surface area contributed by atoms with Crippen molar-refractivity contribution in [3.63, 3.8) is 0 Å². The molecule has 3 rings (SSSR count). The molecule has 1 aliphatic carbocycles. The number of benzene rings is 2. The molecule has 0 aromatic heterocycles. The summed E-state index contributed by atoms with van der Waals surface area (Å²) in [6, 6.07) is 14.3. The van der Waals surface area contributed by atoms with Crippen molar-refractivity contribution >= 4 is 5.78 Å². The minimum absolute atomic E-state index is 0.0745. The SMILES string of the molecule is CCCCCCCCCCOC1(OO)c2ccccc2C(=O)c2ccccc21. The number of rotatable bonds is 11. The second kappa shape index (κ2) is 9.97. The summed E-state index contributed by atoms with van der Waals surface area (Å²) in [6.07, 6.45) is 9.59. The van der Waals surface area contributed by atoms with Gasteiger partial charge in [-0.1, -0.05) is 100 Å². The van der Waals surface area contributed by atoms with Gasteiger partial charge in [-0.2, -0.15) is 4.89 Å². The molecule has 4 nitrogen and oxygen atoms in total. The van der Waals surface area contributed by atoms with E-state index in [0.29, 0.717) is 28.9 Å². The number of carbonyl (C=O) groups excluding carboxylic acids is 1. The number of carbonyl (C=O) groups is 1. The van der Waals surface area contributed by atoms with Crippen LogP contribution >= 0.6 is 0 Å². The molecule has 150 valence electrons. The molecule has 0 atom stereocenters. The van der Waals surface area contributed by atoms with E-state index < -0.39 is 5.79 Å².